The highest BCUT2D eigenvalue weighted by atomic mass is 35.5. The van der Waals surface area contributed by atoms with Crippen molar-refractivity contribution in [2.24, 2.45) is 5.73 Å². The highest BCUT2D eigenvalue weighted by molar-refractivity contribution is 6.32. The monoisotopic (exact) mass is 302 g/mol. The molecule has 1 aromatic rings. The molecule has 0 aliphatic heterocycles. The van der Waals surface area contributed by atoms with Gasteiger partial charge in [-0.2, -0.15) is 0 Å². The number of nitrogens with two attached hydrogens (primary N) is 1. The highest BCUT2D eigenvalue weighted by Crippen LogP contribution is 2.29. The average Bonchev–Trinajstić information content (AvgIpc) is 2.36. The third-order valence-electron chi connectivity index (χ3n) is 2.71. The summed E-state index contributed by atoms with van der Waals surface area (Å²) in [5.41, 5.74) is 4.11. The number of hydrogen-bond donors (Lipinski definition) is 2. The van der Waals surface area contributed by atoms with E-state index in [0.717, 1.165) is 0 Å². The normalized spacial score (nSPS) is 13.6. The lowest BCUT2D eigenvalue weighted by atomic mass is 9.98. The third kappa shape index (κ3) is 4.36. The molecule has 1 aromatic carbocycles. The summed E-state index contributed by atoms with van der Waals surface area (Å²) < 4.78 is 5.32. The van der Waals surface area contributed by atoms with Crippen molar-refractivity contribution in [1.82, 2.24) is 0 Å². The molecule has 1 unspecified atom stereocenters. The minimum atomic E-state index is -1.32. The number of nitro groups is 1. The van der Waals surface area contributed by atoms with Crippen molar-refractivity contribution in [3.63, 3.8) is 0 Å². The Bertz CT molecular complexity index is 519. The van der Waals surface area contributed by atoms with Gasteiger partial charge in [-0.15, -0.1) is 0 Å². The number of benzene rings is 1. The van der Waals surface area contributed by atoms with Crippen LogP contribution in [-0.4, -0.2) is 28.1 Å². The third-order valence-corrected chi connectivity index (χ3v) is 3.02. The van der Waals surface area contributed by atoms with Gasteiger partial charge in [-0.25, -0.2) is 0 Å². The summed E-state index contributed by atoms with van der Waals surface area (Å²) in [6.45, 7) is 1.58. The molecule has 0 saturated heterocycles. The van der Waals surface area contributed by atoms with E-state index in [4.69, 9.17) is 27.2 Å². The number of ether oxygens (including phenoxy) is 1. The summed E-state index contributed by atoms with van der Waals surface area (Å²) >= 11 is 5.85. The van der Waals surface area contributed by atoms with Gasteiger partial charge in [-0.05, 0) is 25.8 Å². The molecule has 0 heterocycles. The minimum Gasteiger partial charge on any atom is -0.492 e. The summed E-state index contributed by atoms with van der Waals surface area (Å²) in [5, 5.41) is 19.7. The first-order valence-electron chi connectivity index (χ1n) is 5.83. The Morgan fingerprint density at radius 1 is 1.60 bits per heavy atom. The Labute approximate surface area is 120 Å². The van der Waals surface area contributed by atoms with Gasteiger partial charge in [-0.3, -0.25) is 14.9 Å². The molecular weight excluding hydrogens is 288 g/mol. The van der Waals surface area contributed by atoms with Gasteiger partial charge in [0.2, 0.25) is 0 Å². The van der Waals surface area contributed by atoms with E-state index in [1.54, 1.807) is 0 Å². The molecule has 20 heavy (non-hydrogen) atoms. The molecule has 1 rings (SSSR count). The van der Waals surface area contributed by atoms with E-state index in [1.807, 2.05) is 0 Å². The first-order valence-corrected chi connectivity index (χ1v) is 6.21. The summed E-state index contributed by atoms with van der Waals surface area (Å²) in [4.78, 5) is 20.9. The Hall–Kier alpha value is -1.86. The van der Waals surface area contributed by atoms with Crippen LogP contribution in [-0.2, 0) is 4.79 Å². The van der Waals surface area contributed by atoms with E-state index < -0.39 is 16.4 Å². The summed E-state index contributed by atoms with van der Waals surface area (Å²) in [6, 6.07) is 3.87. The van der Waals surface area contributed by atoms with Crippen molar-refractivity contribution < 1.29 is 19.6 Å². The Balaban J connectivity index is 2.56. The number of non-ortho nitro benzene ring substituents is 1. The topological polar surface area (TPSA) is 116 Å². The molecule has 0 amide bonds. The molecule has 0 bridgehead atoms. The van der Waals surface area contributed by atoms with Gasteiger partial charge in [0.05, 0.1) is 22.6 Å². The van der Waals surface area contributed by atoms with Crippen molar-refractivity contribution in [3.8, 4) is 5.75 Å². The van der Waals surface area contributed by atoms with Crippen LogP contribution >= 0.6 is 11.6 Å². The Morgan fingerprint density at radius 2 is 2.25 bits per heavy atom. The molecule has 7 nitrogen and oxygen atoms in total. The van der Waals surface area contributed by atoms with E-state index >= 15 is 0 Å². The van der Waals surface area contributed by atoms with Crippen molar-refractivity contribution in [2.45, 2.75) is 25.3 Å². The van der Waals surface area contributed by atoms with Crippen molar-refractivity contribution in [3.05, 3.63) is 33.3 Å². The molecule has 1 atom stereocenters. The minimum absolute atomic E-state index is 0.126. The maximum atomic E-state index is 10.8. The number of hydrogen-bond acceptors (Lipinski definition) is 5. The lowest BCUT2D eigenvalue weighted by Crippen LogP contribution is -2.44. The first-order chi connectivity index (χ1) is 9.24. The van der Waals surface area contributed by atoms with Gasteiger partial charge >= 0.3 is 5.97 Å². The van der Waals surface area contributed by atoms with Crippen LogP contribution in [0.3, 0.4) is 0 Å². The number of aliphatic carboxylic acids is 1. The van der Waals surface area contributed by atoms with Crippen molar-refractivity contribution >= 4 is 23.3 Å². The zero-order valence-electron chi connectivity index (χ0n) is 10.8. The van der Waals surface area contributed by atoms with Crippen LogP contribution in [0.1, 0.15) is 19.8 Å². The fraction of sp³-hybridized carbons (Fsp3) is 0.417. The molecular formula is C12H15ClN2O5. The van der Waals surface area contributed by atoms with Gasteiger partial charge in [0.15, 0.2) is 0 Å². The lowest BCUT2D eigenvalue weighted by molar-refractivity contribution is -0.384. The Kier molecular flexibility index (Phi) is 5.29. The first kappa shape index (κ1) is 16.2. The van der Waals surface area contributed by atoms with E-state index in [0.29, 0.717) is 6.42 Å². The van der Waals surface area contributed by atoms with Gasteiger partial charge < -0.3 is 15.6 Å². The fourth-order valence-corrected chi connectivity index (χ4v) is 1.62. The predicted octanol–water partition coefficient (Wildman–Crippen LogP) is 2.21. The average molecular weight is 303 g/mol. The number of carboxylic acids is 1. The highest BCUT2D eigenvalue weighted by Gasteiger charge is 2.27. The second-order valence-electron chi connectivity index (χ2n) is 4.55. The molecule has 0 saturated carbocycles. The maximum Gasteiger partial charge on any atom is 0.323 e. The molecule has 3 N–H and O–H groups in total. The summed E-state index contributed by atoms with van der Waals surface area (Å²) in [5.74, 6) is -0.902. The van der Waals surface area contributed by atoms with Crippen molar-refractivity contribution in [2.75, 3.05) is 6.61 Å². The van der Waals surface area contributed by atoms with Gasteiger partial charge in [0.1, 0.15) is 11.3 Å². The predicted molar refractivity (Wildman–Crippen MR) is 73.1 cm³/mol. The smallest absolute Gasteiger partial charge is 0.323 e. The standard InChI is InChI=1S/C12H15ClN2O5/c1-12(14,11(16)17)5-2-6-20-10-7-8(15(18)19)3-4-9(10)13/h3-4,7H,2,5-6,14H2,1H3,(H,16,17). The number of nitro benzene ring substituents is 1. The zero-order chi connectivity index (χ0) is 15.3. The number of nitrogens with zero attached hydrogens (tertiary/aromatic N) is 1. The summed E-state index contributed by atoms with van der Waals surface area (Å²) in [7, 11) is 0. The van der Waals surface area contributed by atoms with Gasteiger partial charge in [0.25, 0.3) is 5.69 Å². The van der Waals surface area contributed by atoms with Gasteiger partial charge in [-0.1, -0.05) is 11.6 Å². The second-order valence-corrected chi connectivity index (χ2v) is 4.95. The van der Waals surface area contributed by atoms with Gasteiger partial charge in [0, 0.05) is 6.07 Å². The number of halogens is 1. The molecule has 0 radical (unpaired) electrons. The van der Waals surface area contributed by atoms with Crippen LogP contribution in [0.2, 0.25) is 5.02 Å². The van der Waals surface area contributed by atoms with Crippen LogP contribution < -0.4 is 10.5 Å². The van der Waals surface area contributed by atoms with E-state index in [-0.39, 0.29) is 29.5 Å². The lowest BCUT2D eigenvalue weighted by Gasteiger charge is -2.18. The van der Waals surface area contributed by atoms with E-state index in [9.17, 15) is 14.9 Å². The molecule has 110 valence electrons. The molecule has 0 fully saturated rings. The number of carboxylic acid groups (broad SMARTS) is 1. The fourth-order valence-electron chi connectivity index (χ4n) is 1.44. The molecule has 0 aromatic heterocycles. The second kappa shape index (κ2) is 6.53. The maximum absolute atomic E-state index is 10.8. The van der Waals surface area contributed by atoms with Crippen LogP contribution in [0.25, 0.3) is 0 Å². The van der Waals surface area contributed by atoms with Crippen LogP contribution in [0, 0.1) is 10.1 Å². The number of rotatable bonds is 7. The Morgan fingerprint density at radius 3 is 2.80 bits per heavy atom. The van der Waals surface area contributed by atoms with Crippen molar-refractivity contribution in [1.29, 1.82) is 0 Å². The van der Waals surface area contributed by atoms with Crippen LogP contribution in [0.5, 0.6) is 5.75 Å². The zero-order valence-corrected chi connectivity index (χ0v) is 11.6. The van der Waals surface area contributed by atoms with E-state index in [2.05, 4.69) is 0 Å². The van der Waals surface area contributed by atoms with Crippen LogP contribution in [0.15, 0.2) is 18.2 Å². The van der Waals surface area contributed by atoms with Crippen LogP contribution in [0.4, 0.5) is 5.69 Å². The SMILES string of the molecule is CC(N)(CCCOc1cc([N+](=O)[O-])ccc1Cl)C(=O)O. The molecule has 0 spiro atoms. The number of carbonyl (C=O) groups is 1. The largest absolute Gasteiger partial charge is 0.492 e. The van der Waals surface area contributed by atoms with E-state index in [1.165, 1.54) is 25.1 Å². The summed E-state index contributed by atoms with van der Waals surface area (Å²) in [6.07, 6.45) is 0.604. The molecule has 0 aliphatic carbocycles. The molecule has 0 aliphatic rings. The quantitative estimate of drug-likeness (QED) is 0.453. The molecule has 8 heteroatoms.